The molecule has 0 radical (unpaired) electrons. The van der Waals surface area contributed by atoms with Crippen molar-refractivity contribution in [1.82, 2.24) is 4.98 Å². The molecular formula is C21H18N2O3. The molecule has 1 N–H and O–H groups in total. The van der Waals surface area contributed by atoms with Gasteiger partial charge in [0.1, 0.15) is 17.2 Å². The zero-order valence-corrected chi connectivity index (χ0v) is 14.3. The van der Waals surface area contributed by atoms with E-state index in [1.165, 1.54) is 0 Å². The zero-order valence-electron chi connectivity index (χ0n) is 14.3. The average Bonchev–Trinajstić information content (AvgIpc) is 3.09. The van der Waals surface area contributed by atoms with Gasteiger partial charge in [0.2, 0.25) is 0 Å². The van der Waals surface area contributed by atoms with Crippen molar-refractivity contribution in [1.29, 1.82) is 0 Å². The Morgan fingerprint density at radius 3 is 2.85 bits per heavy atom. The minimum absolute atomic E-state index is 0.151. The van der Waals surface area contributed by atoms with Gasteiger partial charge in [-0.2, -0.15) is 0 Å². The number of hydrogen-bond acceptors (Lipinski definition) is 4. The first-order valence-corrected chi connectivity index (χ1v) is 8.43. The van der Waals surface area contributed by atoms with Gasteiger partial charge in [0.15, 0.2) is 6.10 Å². The molecule has 3 aromatic rings. The Morgan fingerprint density at radius 2 is 2.08 bits per heavy atom. The summed E-state index contributed by atoms with van der Waals surface area (Å²) in [7, 11) is 0. The lowest BCUT2D eigenvalue weighted by Gasteiger charge is -2.13. The number of carbonyl (C=O) groups excluding carboxylic acids is 1. The Balaban J connectivity index is 1.43. The van der Waals surface area contributed by atoms with Gasteiger partial charge in [-0.1, -0.05) is 18.2 Å². The van der Waals surface area contributed by atoms with Crippen molar-refractivity contribution in [2.45, 2.75) is 19.4 Å². The first-order valence-electron chi connectivity index (χ1n) is 8.43. The number of para-hydroxylation sites is 1. The highest BCUT2D eigenvalue weighted by Gasteiger charge is 2.28. The summed E-state index contributed by atoms with van der Waals surface area (Å²) in [5.74, 6) is 2.02. The van der Waals surface area contributed by atoms with Crippen LogP contribution >= 0.6 is 0 Å². The number of nitrogens with one attached hydrogen (secondary N) is 1. The van der Waals surface area contributed by atoms with Crippen molar-refractivity contribution in [3.63, 3.8) is 0 Å². The standard InChI is InChI=1S/C21H18N2O3/c1-14-11-16(8-9-18(14)25-17-6-4-10-22-13-17)23-21(24)20-12-15-5-2-3-7-19(15)26-20/h2-11,13,20H,12H2,1H3,(H,23,24). The molecule has 4 rings (SSSR count). The SMILES string of the molecule is Cc1cc(NC(=O)C2Cc3ccccc3O2)ccc1Oc1cccnc1. The summed E-state index contributed by atoms with van der Waals surface area (Å²) in [6.07, 6.45) is 3.44. The zero-order chi connectivity index (χ0) is 17.9. The smallest absolute Gasteiger partial charge is 0.265 e. The third-order valence-electron chi connectivity index (χ3n) is 4.24. The molecule has 0 saturated heterocycles. The van der Waals surface area contributed by atoms with Crippen LogP contribution in [0, 0.1) is 6.92 Å². The molecule has 2 aromatic carbocycles. The minimum atomic E-state index is -0.501. The van der Waals surface area contributed by atoms with Crippen LogP contribution in [0.1, 0.15) is 11.1 Å². The number of ether oxygens (including phenoxy) is 2. The Kier molecular flexibility index (Phi) is 4.27. The number of fused-ring (bicyclic) bond motifs is 1. The van der Waals surface area contributed by atoms with Gasteiger partial charge >= 0.3 is 0 Å². The molecule has 1 atom stereocenters. The number of anilines is 1. The van der Waals surface area contributed by atoms with Crippen LogP contribution in [0.4, 0.5) is 5.69 Å². The van der Waals surface area contributed by atoms with Gasteiger partial charge in [-0.05, 0) is 54.4 Å². The molecule has 26 heavy (non-hydrogen) atoms. The van der Waals surface area contributed by atoms with Crippen molar-refractivity contribution in [3.8, 4) is 17.2 Å². The summed E-state index contributed by atoms with van der Waals surface area (Å²) in [4.78, 5) is 16.5. The molecule has 1 aromatic heterocycles. The summed E-state index contributed by atoms with van der Waals surface area (Å²) in [5, 5.41) is 2.92. The first-order chi connectivity index (χ1) is 12.7. The van der Waals surface area contributed by atoms with Crippen LogP contribution in [0.5, 0.6) is 17.2 Å². The number of nitrogens with zero attached hydrogens (tertiary/aromatic N) is 1. The van der Waals surface area contributed by atoms with Crippen LogP contribution < -0.4 is 14.8 Å². The van der Waals surface area contributed by atoms with E-state index in [-0.39, 0.29) is 5.91 Å². The average molecular weight is 346 g/mol. The van der Waals surface area contributed by atoms with Gasteiger partial charge in [0.05, 0.1) is 6.20 Å². The van der Waals surface area contributed by atoms with E-state index in [0.717, 1.165) is 22.6 Å². The van der Waals surface area contributed by atoms with E-state index in [1.54, 1.807) is 12.4 Å². The largest absolute Gasteiger partial charge is 0.480 e. The van der Waals surface area contributed by atoms with Crippen molar-refractivity contribution >= 4 is 11.6 Å². The fourth-order valence-electron chi connectivity index (χ4n) is 2.93. The summed E-state index contributed by atoms with van der Waals surface area (Å²) in [6.45, 7) is 1.93. The van der Waals surface area contributed by atoms with Crippen LogP contribution in [0.3, 0.4) is 0 Å². The summed E-state index contributed by atoms with van der Waals surface area (Å²) in [5.41, 5.74) is 2.69. The highest BCUT2D eigenvalue weighted by molar-refractivity contribution is 5.95. The molecule has 0 saturated carbocycles. The van der Waals surface area contributed by atoms with Gasteiger partial charge < -0.3 is 14.8 Å². The maximum absolute atomic E-state index is 12.5. The lowest BCUT2D eigenvalue weighted by Crippen LogP contribution is -2.31. The van der Waals surface area contributed by atoms with E-state index < -0.39 is 6.10 Å². The Bertz CT molecular complexity index is 916. The molecule has 1 aliphatic rings. The number of pyridine rings is 1. The number of aromatic nitrogens is 1. The Morgan fingerprint density at radius 1 is 1.19 bits per heavy atom. The number of aryl methyl sites for hydroxylation is 1. The lowest BCUT2D eigenvalue weighted by atomic mass is 10.1. The molecule has 2 heterocycles. The van der Waals surface area contributed by atoms with Crippen molar-refractivity contribution in [2.75, 3.05) is 5.32 Å². The normalized spacial score (nSPS) is 15.0. The first kappa shape index (κ1) is 16.1. The molecule has 5 heteroatoms. The Hall–Kier alpha value is -3.34. The number of amides is 1. The number of benzene rings is 2. The van der Waals surface area contributed by atoms with Crippen molar-refractivity contribution < 1.29 is 14.3 Å². The van der Waals surface area contributed by atoms with Gasteiger partial charge in [0.25, 0.3) is 5.91 Å². The van der Waals surface area contributed by atoms with E-state index in [1.807, 2.05) is 61.5 Å². The lowest BCUT2D eigenvalue weighted by molar-refractivity contribution is -0.122. The summed E-state index contributed by atoms with van der Waals surface area (Å²) < 4.78 is 11.5. The van der Waals surface area contributed by atoms with Crippen LogP contribution in [0.15, 0.2) is 67.0 Å². The number of carbonyl (C=O) groups is 1. The van der Waals surface area contributed by atoms with Gasteiger partial charge in [0, 0.05) is 18.3 Å². The van der Waals surface area contributed by atoms with Crippen molar-refractivity contribution in [3.05, 3.63) is 78.1 Å². The van der Waals surface area contributed by atoms with E-state index in [4.69, 9.17) is 9.47 Å². The van der Waals surface area contributed by atoms with Gasteiger partial charge in [-0.3, -0.25) is 9.78 Å². The van der Waals surface area contributed by atoms with Gasteiger partial charge in [-0.25, -0.2) is 0 Å². The third kappa shape index (κ3) is 3.37. The van der Waals surface area contributed by atoms with E-state index in [0.29, 0.717) is 17.9 Å². The predicted molar refractivity (Wildman–Crippen MR) is 98.7 cm³/mol. The second-order valence-corrected chi connectivity index (χ2v) is 6.18. The van der Waals surface area contributed by atoms with Crippen LogP contribution in [0.25, 0.3) is 0 Å². The minimum Gasteiger partial charge on any atom is -0.480 e. The molecule has 1 aliphatic heterocycles. The van der Waals surface area contributed by atoms with E-state index >= 15 is 0 Å². The monoisotopic (exact) mass is 346 g/mol. The Labute approximate surface area is 151 Å². The second-order valence-electron chi connectivity index (χ2n) is 6.18. The molecule has 0 fully saturated rings. The maximum atomic E-state index is 12.5. The maximum Gasteiger partial charge on any atom is 0.265 e. The third-order valence-corrected chi connectivity index (χ3v) is 4.24. The fourth-order valence-corrected chi connectivity index (χ4v) is 2.93. The number of hydrogen-bond donors (Lipinski definition) is 1. The number of rotatable bonds is 4. The molecule has 0 bridgehead atoms. The van der Waals surface area contributed by atoms with E-state index in [2.05, 4.69) is 10.3 Å². The summed E-state index contributed by atoms with van der Waals surface area (Å²) >= 11 is 0. The van der Waals surface area contributed by atoms with E-state index in [9.17, 15) is 4.79 Å². The topological polar surface area (TPSA) is 60.5 Å². The predicted octanol–water partition coefficient (Wildman–Crippen LogP) is 4.12. The fraction of sp³-hybridized carbons (Fsp3) is 0.143. The molecule has 0 spiro atoms. The molecule has 130 valence electrons. The quantitative estimate of drug-likeness (QED) is 0.772. The van der Waals surface area contributed by atoms with Gasteiger partial charge in [-0.15, -0.1) is 0 Å². The molecule has 1 unspecified atom stereocenters. The highest BCUT2D eigenvalue weighted by atomic mass is 16.5. The van der Waals surface area contributed by atoms with Crippen molar-refractivity contribution in [2.24, 2.45) is 0 Å². The van der Waals surface area contributed by atoms with Crippen LogP contribution in [-0.2, 0) is 11.2 Å². The second kappa shape index (κ2) is 6.88. The molecular weight excluding hydrogens is 328 g/mol. The molecule has 0 aliphatic carbocycles. The molecule has 1 amide bonds. The summed E-state index contributed by atoms with van der Waals surface area (Å²) in [6, 6.07) is 16.9. The van der Waals surface area contributed by atoms with Crippen LogP contribution in [-0.4, -0.2) is 17.0 Å². The highest BCUT2D eigenvalue weighted by Crippen LogP contribution is 2.30. The van der Waals surface area contributed by atoms with Crippen LogP contribution in [0.2, 0.25) is 0 Å². The molecule has 5 nitrogen and oxygen atoms in total.